The highest BCUT2D eigenvalue weighted by Gasteiger charge is 2.22. The summed E-state index contributed by atoms with van der Waals surface area (Å²) in [4.78, 5) is 18.6. The van der Waals surface area contributed by atoms with E-state index in [1.54, 1.807) is 0 Å². The Morgan fingerprint density at radius 3 is 2.58 bits per heavy atom. The molecule has 26 heavy (non-hydrogen) atoms. The summed E-state index contributed by atoms with van der Waals surface area (Å²) in [6.45, 7) is 9.12. The van der Waals surface area contributed by atoms with Gasteiger partial charge in [-0.2, -0.15) is 0 Å². The molecule has 6 nitrogen and oxygen atoms in total. The lowest BCUT2D eigenvalue weighted by Crippen LogP contribution is -2.47. The van der Waals surface area contributed by atoms with Crippen LogP contribution in [-0.4, -0.2) is 55.1 Å². The molecule has 1 saturated heterocycles. The largest absolute Gasteiger partial charge is 0.490 e. The van der Waals surface area contributed by atoms with Crippen LogP contribution in [0.3, 0.4) is 0 Å². The van der Waals surface area contributed by atoms with Crippen LogP contribution in [0.4, 0.5) is 0 Å². The lowest BCUT2D eigenvalue weighted by Gasteiger charge is -2.34. The molecule has 6 heteroatoms. The molecular weight excluding hydrogens is 328 g/mol. The van der Waals surface area contributed by atoms with Gasteiger partial charge in [-0.3, -0.25) is 9.79 Å². The molecule has 0 radical (unpaired) electrons. The summed E-state index contributed by atoms with van der Waals surface area (Å²) in [5.74, 6) is 1.88. The number of likely N-dealkylation sites (tertiary alicyclic amines) is 1. The molecule has 0 saturated carbocycles. The summed E-state index contributed by atoms with van der Waals surface area (Å²) in [6.07, 6.45) is 2.59. The van der Waals surface area contributed by atoms with Crippen LogP contribution in [0.5, 0.6) is 5.75 Å². The molecule has 1 aliphatic heterocycles. The van der Waals surface area contributed by atoms with E-state index in [1.807, 2.05) is 44.2 Å². The maximum Gasteiger partial charge on any atom is 0.222 e. The third kappa shape index (κ3) is 6.94. The van der Waals surface area contributed by atoms with E-state index in [4.69, 9.17) is 4.74 Å². The Hall–Kier alpha value is -2.24. The first-order chi connectivity index (χ1) is 12.6. The number of benzene rings is 1. The maximum atomic E-state index is 11.8. The first-order valence-electron chi connectivity index (χ1n) is 9.62. The number of rotatable bonds is 7. The highest BCUT2D eigenvalue weighted by atomic mass is 16.5. The zero-order chi connectivity index (χ0) is 18.8. The first-order valence-corrected chi connectivity index (χ1v) is 9.62. The van der Waals surface area contributed by atoms with Crippen molar-refractivity contribution in [1.29, 1.82) is 0 Å². The zero-order valence-corrected chi connectivity index (χ0v) is 16.2. The lowest BCUT2D eigenvalue weighted by atomic mass is 10.1. The fourth-order valence-corrected chi connectivity index (χ4v) is 2.96. The van der Waals surface area contributed by atoms with E-state index in [0.29, 0.717) is 13.0 Å². The quantitative estimate of drug-likeness (QED) is 0.579. The highest BCUT2D eigenvalue weighted by Crippen LogP contribution is 2.18. The Bertz CT molecular complexity index is 566. The normalized spacial score (nSPS) is 15.8. The van der Waals surface area contributed by atoms with E-state index in [2.05, 4.69) is 27.4 Å². The third-order valence-electron chi connectivity index (χ3n) is 4.17. The number of para-hydroxylation sites is 1. The Balaban J connectivity index is 1.81. The predicted molar refractivity (Wildman–Crippen MR) is 106 cm³/mol. The zero-order valence-electron chi connectivity index (χ0n) is 16.2. The number of carbonyl (C=O) groups excluding carboxylic acids is 1. The van der Waals surface area contributed by atoms with Gasteiger partial charge in [0.15, 0.2) is 5.96 Å². The molecule has 0 atom stereocenters. The molecule has 1 amide bonds. The second-order valence-electron chi connectivity index (χ2n) is 6.83. The van der Waals surface area contributed by atoms with Crippen LogP contribution in [0.2, 0.25) is 0 Å². The molecule has 1 fully saturated rings. The molecule has 144 valence electrons. The van der Waals surface area contributed by atoms with Gasteiger partial charge in [-0.05, 0) is 32.9 Å². The van der Waals surface area contributed by atoms with Gasteiger partial charge >= 0.3 is 0 Å². The van der Waals surface area contributed by atoms with Gasteiger partial charge in [-0.15, -0.1) is 0 Å². The number of hydrogen-bond acceptors (Lipinski definition) is 3. The van der Waals surface area contributed by atoms with Crippen molar-refractivity contribution in [2.75, 3.05) is 26.2 Å². The molecule has 1 heterocycles. The number of aliphatic imine (C=N–C) groups is 1. The molecule has 0 bridgehead atoms. The minimum absolute atomic E-state index is 0.0505. The smallest absolute Gasteiger partial charge is 0.222 e. The van der Waals surface area contributed by atoms with Crippen molar-refractivity contribution in [2.24, 2.45) is 4.99 Å². The van der Waals surface area contributed by atoms with Crippen molar-refractivity contribution in [2.45, 2.75) is 52.2 Å². The van der Waals surface area contributed by atoms with Crippen molar-refractivity contribution in [3.05, 3.63) is 30.3 Å². The fraction of sp³-hybridized carbons (Fsp3) is 0.600. The van der Waals surface area contributed by atoms with E-state index < -0.39 is 0 Å². The molecular formula is C20H32N4O2. The molecule has 0 unspecified atom stereocenters. The summed E-state index contributed by atoms with van der Waals surface area (Å²) >= 11 is 0. The molecule has 0 aromatic heterocycles. The van der Waals surface area contributed by atoms with Crippen LogP contribution in [0.1, 0.15) is 40.0 Å². The number of nitrogens with one attached hydrogen (secondary N) is 2. The Labute approximate surface area is 157 Å². The van der Waals surface area contributed by atoms with Crippen LogP contribution in [0, 0.1) is 0 Å². The number of carbonyl (C=O) groups is 1. The summed E-state index contributed by atoms with van der Waals surface area (Å²) in [5, 5.41) is 6.23. The monoisotopic (exact) mass is 360 g/mol. The number of hydrogen-bond donors (Lipinski definition) is 2. The summed E-state index contributed by atoms with van der Waals surface area (Å²) < 4.78 is 6.05. The summed E-state index contributed by atoms with van der Waals surface area (Å²) in [7, 11) is 0. The Morgan fingerprint density at radius 1 is 1.27 bits per heavy atom. The van der Waals surface area contributed by atoms with Gasteiger partial charge in [0.05, 0.1) is 6.54 Å². The summed E-state index contributed by atoms with van der Waals surface area (Å²) in [5.41, 5.74) is 0. The fourth-order valence-electron chi connectivity index (χ4n) is 2.96. The number of nitrogens with zero attached hydrogens (tertiary/aromatic N) is 2. The molecule has 1 aliphatic rings. The van der Waals surface area contributed by atoms with Crippen LogP contribution in [0.15, 0.2) is 35.3 Å². The second-order valence-corrected chi connectivity index (χ2v) is 6.83. The van der Waals surface area contributed by atoms with Gasteiger partial charge in [-0.25, -0.2) is 0 Å². The summed E-state index contributed by atoms with van der Waals surface area (Å²) in [6, 6.07) is 10.2. The highest BCUT2D eigenvalue weighted by molar-refractivity contribution is 5.81. The molecule has 1 aromatic rings. The van der Waals surface area contributed by atoms with Crippen molar-refractivity contribution < 1.29 is 9.53 Å². The van der Waals surface area contributed by atoms with Crippen molar-refractivity contribution in [1.82, 2.24) is 15.5 Å². The number of ether oxygens (including phenoxy) is 1. The van der Waals surface area contributed by atoms with Gasteiger partial charge in [-0.1, -0.05) is 18.2 Å². The average molecular weight is 361 g/mol. The molecule has 2 N–H and O–H groups in total. The standard InChI is InChI=1S/C20H32N4O2/c1-4-21-20(22-13-10-19(25)23-16(2)3)24-14-11-18(12-15-24)26-17-8-6-5-7-9-17/h5-9,16,18H,4,10-15H2,1-3H3,(H,21,22)(H,23,25). The predicted octanol–water partition coefficient (Wildman–Crippen LogP) is 2.41. The van der Waals surface area contributed by atoms with E-state index in [-0.39, 0.29) is 18.1 Å². The number of piperidine rings is 1. The topological polar surface area (TPSA) is 66.0 Å². The van der Waals surface area contributed by atoms with Crippen LogP contribution in [0.25, 0.3) is 0 Å². The van der Waals surface area contributed by atoms with Gasteiger partial charge in [0.1, 0.15) is 11.9 Å². The first kappa shape index (κ1) is 20.1. The molecule has 1 aromatic carbocycles. The van der Waals surface area contributed by atoms with Crippen molar-refractivity contribution >= 4 is 11.9 Å². The second kappa shape index (κ2) is 10.7. The van der Waals surface area contributed by atoms with Crippen molar-refractivity contribution in [3.63, 3.8) is 0 Å². The van der Waals surface area contributed by atoms with Gasteiger partial charge in [0.2, 0.25) is 5.91 Å². The third-order valence-corrected chi connectivity index (χ3v) is 4.17. The Kier molecular flexibility index (Phi) is 8.25. The molecule has 2 rings (SSSR count). The van der Waals surface area contributed by atoms with Crippen LogP contribution in [-0.2, 0) is 4.79 Å². The van der Waals surface area contributed by atoms with Gasteiger partial charge in [0.25, 0.3) is 0 Å². The van der Waals surface area contributed by atoms with Crippen molar-refractivity contribution in [3.8, 4) is 5.75 Å². The van der Waals surface area contributed by atoms with E-state index in [1.165, 1.54) is 0 Å². The molecule has 0 spiro atoms. The van der Waals surface area contributed by atoms with Crippen LogP contribution >= 0.6 is 0 Å². The van der Waals surface area contributed by atoms with E-state index in [9.17, 15) is 4.79 Å². The number of guanidine groups is 1. The van der Waals surface area contributed by atoms with Gasteiger partial charge in [0, 0.05) is 44.9 Å². The van der Waals surface area contributed by atoms with Crippen LogP contribution < -0.4 is 15.4 Å². The molecule has 0 aliphatic carbocycles. The lowest BCUT2D eigenvalue weighted by molar-refractivity contribution is -0.121. The Morgan fingerprint density at radius 2 is 1.96 bits per heavy atom. The number of amides is 1. The minimum atomic E-state index is 0.0505. The van der Waals surface area contributed by atoms with E-state index in [0.717, 1.165) is 44.2 Å². The van der Waals surface area contributed by atoms with Gasteiger partial charge < -0.3 is 20.3 Å². The SMILES string of the molecule is CCNC(=NCCC(=O)NC(C)C)N1CCC(Oc2ccccc2)CC1. The van der Waals surface area contributed by atoms with E-state index >= 15 is 0 Å². The maximum absolute atomic E-state index is 11.8. The minimum Gasteiger partial charge on any atom is -0.490 e. The average Bonchev–Trinajstić information content (AvgIpc) is 2.62.